The van der Waals surface area contributed by atoms with E-state index in [9.17, 15) is 14.4 Å². The first-order valence-corrected chi connectivity index (χ1v) is 9.53. The number of carbonyl (C=O) groups excluding carboxylic acids is 3. The first-order valence-electron chi connectivity index (χ1n) is 9.53. The van der Waals surface area contributed by atoms with E-state index in [-0.39, 0.29) is 18.5 Å². The summed E-state index contributed by atoms with van der Waals surface area (Å²) in [6.45, 7) is 3.64. The Morgan fingerprint density at radius 3 is 2.07 bits per heavy atom. The van der Waals surface area contributed by atoms with Crippen molar-refractivity contribution in [1.82, 2.24) is 15.5 Å². The largest absolute Gasteiger partial charge is 0.352 e. The number of hydrogen-bond acceptors (Lipinski definition) is 3. The Kier molecular flexibility index (Phi) is 5.78. The van der Waals surface area contributed by atoms with Gasteiger partial charge in [-0.2, -0.15) is 0 Å². The van der Waals surface area contributed by atoms with Gasteiger partial charge in [-0.1, -0.05) is 74.0 Å². The quantitative estimate of drug-likeness (QED) is 0.726. The molecule has 2 aromatic carbocycles. The van der Waals surface area contributed by atoms with Gasteiger partial charge in [0, 0.05) is 6.04 Å². The molecule has 1 heterocycles. The summed E-state index contributed by atoms with van der Waals surface area (Å²) in [7, 11) is 0. The normalized spacial score (nSPS) is 16.6. The van der Waals surface area contributed by atoms with Crippen molar-refractivity contribution in [2.45, 2.75) is 38.3 Å². The third kappa shape index (κ3) is 3.63. The summed E-state index contributed by atoms with van der Waals surface area (Å²) in [5.74, 6) is -0.797. The molecule has 0 radical (unpaired) electrons. The molecule has 6 nitrogen and oxygen atoms in total. The van der Waals surface area contributed by atoms with Crippen LogP contribution in [0, 0.1) is 0 Å². The first-order chi connectivity index (χ1) is 13.5. The van der Waals surface area contributed by atoms with Crippen LogP contribution in [0.3, 0.4) is 0 Å². The summed E-state index contributed by atoms with van der Waals surface area (Å²) >= 11 is 0. The fourth-order valence-corrected chi connectivity index (χ4v) is 3.62. The summed E-state index contributed by atoms with van der Waals surface area (Å²) in [5.41, 5.74) is -0.0295. The fraction of sp³-hybridized carbons (Fsp3) is 0.318. The predicted molar refractivity (Wildman–Crippen MR) is 106 cm³/mol. The van der Waals surface area contributed by atoms with Crippen LogP contribution in [0.25, 0.3) is 0 Å². The van der Waals surface area contributed by atoms with Gasteiger partial charge in [-0.15, -0.1) is 0 Å². The molecule has 1 fully saturated rings. The van der Waals surface area contributed by atoms with Gasteiger partial charge in [0.05, 0.1) is 0 Å². The van der Waals surface area contributed by atoms with Crippen LogP contribution in [0.2, 0.25) is 0 Å². The van der Waals surface area contributed by atoms with Crippen LogP contribution in [0.4, 0.5) is 4.79 Å². The minimum Gasteiger partial charge on any atom is -0.352 e. The maximum atomic E-state index is 13.4. The third-order valence-corrected chi connectivity index (χ3v) is 4.95. The lowest BCUT2D eigenvalue weighted by Gasteiger charge is -2.28. The highest BCUT2D eigenvalue weighted by Gasteiger charge is 2.54. The van der Waals surface area contributed by atoms with Crippen LogP contribution in [0.15, 0.2) is 60.7 Å². The smallest absolute Gasteiger partial charge is 0.326 e. The lowest BCUT2D eigenvalue weighted by molar-refractivity contribution is -0.134. The molecule has 146 valence electrons. The van der Waals surface area contributed by atoms with Gasteiger partial charge >= 0.3 is 6.03 Å². The van der Waals surface area contributed by atoms with Crippen LogP contribution >= 0.6 is 0 Å². The van der Waals surface area contributed by atoms with Gasteiger partial charge in [-0.05, 0) is 24.5 Å². The number of urea groups is 1. The summed E-state index contributed by atoms with van der Waals surface area (Å²) in [4.78, 5) is 39.5. The van der Waals surface area contributed by atoms with Crippen molar-refractivity contribution in [3.63, 3.8) is 0 Å². The van der Waals surface area contributed by atoms with Gasteiger partial charge in [-0.3, -0.25) is 14.5 Å². The Labute approximate surface area is 164 Å². The van der Waals surface area contributed by atoms with Crippen LogP contribution in [0.5, 0.6) is 0 Å². The van der Waals surface area contributed by atoms with Crippen molar-refractivity contribution in [1.29, 1.82) is 0 Å². The van der Waals surface area contributed by atoms with E-state index in [1.54, 1.807) is 24.3 Å². The van der Waals surface area contributed by atoms with E-state index in [4.69, 9.17) is 0 Å². The van der Waals surface area contributed by atoms with E-state index in [1.807, 2.05) is 50.2 Å². The molecular weight excluding hydrogens is 354 g/mol. The van der Waals surface area contributed by atoms with Gasteiger partial charge < -0.3 is 10.6 Å². The molecule has 4 amide bonds. The maximum absolute atomic E-state index is 13.4. The molecule has 6 heteroatoms. The molecule has 0 aromatic heterocycles. The number of benzene rings is 2. The van der Waals surface area contributed by atoms with E-state index in [0.717, 1.165) is 17.7 Å². The maximum Gasteiger partial charge on any atom is 0.326 e. The highest BCUT2D eigenvalue weighted by atomic mass is 16.2. The second-order valence-electron chi connectivity index (χ2n) is 7.06. The number of nitrogens with zero attached hydrogens (tertiary/aromatic N) is 1. The van der Waals surface area contributed by atoms with Crippen molar-refractivity contribution < 1.29 is 14.4 Å². The minimum absolute atomic E-state index is 0.00808. The molecule has 1 saturated heterocycles. The van der Waals surface area contributed by atoms with Crippen molar-refractivity contribution >= 4 is 17.8 Å². The zero-order valence-corrected chi connectivity index (χ0v) is 16.1. The van der Waals surface area contributed by atoms with E-state index in [0.29, 0.717) is 11.1 Å². The Bertz CT molecular complexity index is 812. The summed E-state index contributed by atoms with van der Waals surface area (Å²) in [6.07, 6.45) is 1.78. The predicted octanol–water partition coefficient (Wildman–Crippen LogP) is 2.79. The van der Waals surface area contributed by atoms with E-state index < -0.39 is 17.5 Å². The Morgan fingerprint density at radius 2 is 1.57 bits per heavy atom. The van der Waals surface area contributed by atoms with Gasteiger partial charge in [0.15, 0.2) is 5.54 Å². The van der Waals surface area contributed by atoms with Gasteiger partial charge in [0.2, 0.25) is 5.91 Å². The van der Waals surface area contributed by atoms with Crippen molar-refractivity contribution in [2.24, 2.45) is 0 Å². The van der Waals surface area contributed by atoms with Crippen molar-refractivity contribution in [2.75, 3.05) is 6.54 Å². The molecule has 1 atom stereocenters. The molecule has 0 aliphatic carbocycles. The van der Waals surface area contributed by atoms with Crippen LogP contribution < -0.4 is 10.6 Å². The average Bonchev–Trinajstić information content (AvgIpc) is 2.95. The number of amides is 4. The van der Waals surface area contributed by atoms with Gasteiger partial charge in [0.1, 0.15) is 6.54 Å². The average molecular weight is 379 g/mol. The van der Waals surface area contributed by atoms with E-state index in [1.165, 1.54) is 0 Å². The van der Waals surface area contributed by atoms with Crippen LogP contribution in [0.1, 0.15) is 37.8 Å². The zero-order chi connectivity index (χ0) is 20.1. The standard InChI is InChI=1S/C22H25N3O3/c1-3-10-16(2)23-19(26)15-25-20(27)22(24-21(25)28,17-11-6-4-7-12-17)18-13-8-5-9-14-18/h4-9,11-14,16H,3,10,15H2,1-2H3,(H,23,26)(H,24,28)/t16-/m1/s1. The molecule has 28 heavy (non-hydrogen) atoms. The van der Waals surface area contributed by atoms with Crippen molar-refractivity contribution in [3.8, 4) is 0 Å². The summed E-state index contributed by atoms with van der Waals surface area (Å²) in [6, 6.07) is 17.6. The summed E-state index contributed by atoms with van der Waals surface area (Å²) < 4.78 is 0. The summed E-state index contributed by atoms with van der Waals surface area (Å²) in [5, 5.41) is 5.68. The van der Waals surface area contributed by atoms with E-state index in [2.05, 4.69) is 10.6 Å². The number of hydrogen-bond donors (Lipinski definition) is 2. The molecule has 0 unspecified atom stereocenters. The number of rotatable bonds is 7. The third-order valence-electron chi connectivity index (χ3n) is 4.95. The lowest BCUT2D eigenvalue weighted by atomic mass is 9.82. The molecule has 1 aliphatic heterocycles. The Hall–Kier alpha value is -3.15. The highest BCUT2D eigenvalue weighted by Crippen LogP contribution is 2.35. The first kappa shape index (κ1) is 19.6. The van der Waals surface area contributed by atoms with E-state index >= 15 is 0 Å². The fourth-order valence-electron chi connectivity index (χ4n) is 3.62. The molecule has 2 N–H and O–H groups in total. The highest BCUT2D eigenvalue weighted by molar-refractivity contribution is 6.11. The zero-order valence-electron chi connectivity index (χ0n) is 16.1. The van der Waals surface area contributed by atoms with Crippen LogP contribution in [-0.4, -0.2) is 35.3 Å². The number of nitrogens with one attached hydrogen (secondary N) is 2. The monoisotopic (exact) mass is 379 g/mol. The second kappa shape index (κ2) is 8.25. The Balaban J connectivity index is 1.92. The minimum atomic E-state index is -1.34. The molecule has 0 bridgehead atoms. The Morgan fingerprint density at radius 1 is 1.04 bits per heavy atom. The SMILES string of the molecule is CCC[C@@H](C)NC(=O)CN1C(=O)NC(c2ccccc2)(c2ccccc2)C1=O. The van der Waals surface area contributed by atoms with Crippen LogP contribution in [-0.2, 0) is 15.1 Å². The molecule has 0 spiro atoms. The van der Waals surface area contributed by atoms with Gasteiger partial charge in [0.25, 0.3) is 5.91 Å². The molecular formula is C22H25N3O3. The van der Waals surface area contributed by atoms with Gasteiger partial charge in [-0.25, -0.2) is 4.79 Å². The topological polar surface area (TPSA) is 78.5 Å². The van der Waals surface area contributed by atoms with Crippen molar-refractivity contribution in [3.05, 3.63) is 71.8 Å². The number of carbonyl (C=O) groups is 3. The molecule has 0 saturated carbocycles. The second-order valence-corrected chi connectivity index (χ2v) is 7.06. The molecule has 3 rings (SSSR count). The lowest BCUT2D eigenvalue weighted by Crippen LogP contribution is -2.46. The number of imide groups is 1. The molecule has 2 aromatic rings. The molecule has 1 aliphatic rings.